The number of rotatable bonds is 2. The summed E-state index contributed by atoms with van der Waals surface area (Å²) in [5.41, 5.74) is 6.25. The highest BCUT2D eigenvalue weighted by molar-refractivity contribution is 5.79. The van der Waals surface area contributed by atoms with E-state index in [2.05, 4.69) is 19.1 Å². The number of nitrogens with two attached hydrogens (primary N) is 1. The molecule has 0 aliphatic rings. The van der Waals surface area contributed by atoms with E-state index in [9.17, 15) is 4.79 Å². The van der Waals surface area contributed by atoms with Crippen LogP contribution in [0.25, 0.3) is 0 Å². The summed E-state index contributed by atoms with van der Waals surface area (Å²) in [6.45, 7) is 4.08. The van der Waals surface area contributed by atoms with Gasteiger partial charge in [0.1, 0.15) is 5.78 Å². The number of aryl methyl sites for hydroxylation is 1. The molecule has 0 saturated heterocycles. The molecule has 0 aromatic heterocycles. The monoisotopic (exact) mass is 179 g/mol. The van der Waals surface area contributed by atoms with E-state index in [1.165, 1.54) is 5.56 Å². The van der Waals surface area contributed by atoms with Crippen LogP contribution in [0.15, 0.2) is 30.3 Å². The molecule has 0 saturated carbocycles. The zero-order chi connectivity index (χ0) is 10.1. The average molecular weight is 179 g/mol. The van der Waals surface area contributed by atoms with Gasteiger partial charge in [0.25, 0.3) is 0 Å². The number of Topliss-reactive ketones (excluding diaryl/α,β-unsaturated/α-hetero) is 1. The fraction of sp³-hybridized carbons (Fsp3) is 0.364. The van der Waals surface area contributed by atoms with Crippen LogP contribution in [0, 0.1) is 6.92 Å². The molecule has 2 nitrogen and oxygen atoms in total. The topological polar surface area (TPSA) is 43.1 Å². The second-order valence-corrected chi connectivity index (χ2v) is 2.75. The maximum Gasteiger partial charge on any atom is 0.146 e. The minimum absolute atomic E-state index is 0.120. The van der Waals surface area contributed by atoms with Crippen LogP contribution in [0.5, 0.6) is 0 Å². The molecule has 1 rings (SSSR count). The number of hydrogen-bond donors (Lipinski definition) is 1. The summed E-state index contributed by atoms with van der Waals surface area (Å²) in [6, 6.07) is 10.3. The number of ketones is 1. The van der Waals surface area contributed by atoms with Crippen LogP contribution in [0.4, 0.5) is 0 Å². The molecule has 72 valence electrons. The van der Waals surface area contributed by atoms with Crippen LogP contribution >= 0.6 is 0 Å². The molecule has 2 heteroatoms. The molecule has 0 bridgehead atoms. The first-order valence-electron chi connectivity index (χ1n) is 4.44. The molecule has 0 aliphatic heterocycles. The third kappa shape index (κ3) is 7.22. The Kier molecular flexibility index (Phi) is 6.83. The molecule has 0 unspecified atom stereocenters. The van der Waals surface area contributed by atoms with Crippen molar-refractivity contribution in [3.05, 3.63) is 35.9 Å². The molecule has 1 aromatic carbocycles. The lowest BCUT2D eigenvalue weighted by molar-refractivity contribution is -0.117. The van der Waals surface area contributed by atoms with Gasteiger partial charge in [0.2, 0.25) is 0 Å². The molecule has 13 heavy (non-hydrogen) atoms. The Labute approximate surface area is 79.8 Å². The van der Waals surface area contributed by atoms with E-state index in [4.69, 9.17) is 5.73 Å². The van der Waals surface area contributed by atoms with Crippen molar-refractivity contribution in [2.45, 2.75) is 20.3 Å². The summed E-state index contributed by atoms with van der Waals surface area (Å²) in [5, 5.41) is 0. The van der Waals surface area contributed by atoms with Crippen molar-refractivity contribution in [2.75, 3.05) is 6.54 Å². The van der Waals surface area contributed by atoms with E-state index in [-0.39, 0.29) is 12.3 Å². The van der Waals surface area contributed by atoms with Gasteiger partial charge in [-0.3, -0.25) is 4.79 Å². The number of benzene rings is 1. The molecule has 0 spiro atoms. The van der Waals surface area contributed by atoms with Crippen LogP contribution in [0.1, 0.15) is 18.9 Å². The number of carbonyl (C=O) groups is 1. The van der Waals surface area contributed by atoms with Crippen molar-refractivity contribution in [1.82, 2.24) is 0 Å². The SMILES string of the molecule is CCC(=O)CN.Cc1ccccc1. The van der Waals surface area contributed by atoms with Gasteiger partial charge in [-0.05, 0) is 6.92 Å². The van der Waals surface area contributed by atoms with Gasteiger partial charge in [-0.25, -0.2) is 0 Å². The van der Waals surface area contributed by atoms with Crippen molar-refractivity contribution in [3.8, 4) is 0 Å². The lowest BCUT2D eigenvalue weighted by atomic mass is 10.2. The van der Waals surface area contributed by atoms with Gasteiger partial charge in [-0.2, -0.15) is 0 Å². The van der Waals surface area contributed by atoms with Gasteiger partial charge in [0, 0.05) is 6.42 Å². The van der Waals surface area contributed by atoms with Crippen molar-refractivity contribution in [1.29, 1.82) is 0 Å². The molecule has 0 radical (unpaired) electrons. The minimum Gasteiger partial charge on any atom is -0.324 e. The summed E-state index contributed by atoms with van der Waals surface area (Å²) in [7, 11) is 0. The van der Waals surface area contributed by atoms with Crippen molar-refractivity contribution in [3.63, 3.8) is 0 Å². The van der Waals surface area contributed by atoms with E-state index < -0.39 is 0 Å². The highest BCUT2D eigenvalue weighted by Crippen LogP contribution is 1.92. The quantitative estimate of drug-likeness (QED) is 0.753. The predicted molar refractivity (Wildman–Crippen MR) is 55.5 cm³/mol. The van der Waals surface area contributed by atoms with Gasteiger partial charge >= 0.3 is 0 Å². The normalized spacial score (nSPS) is 8.54. The van der Waals surface area contributed by atoms with E-state index in [0.717, 1.165) is 0 Å². The van der Waals surface area contributed by atoms with E-state index >= 15 is 0 Å². The Bertz CT molecular complexity index is 225. The summed E-state index contributed by atoms with van der Waals surface area (Å²) >= 11 is 0. The van der Waals surface area contributed by atoms with Crippen molar-refractivity contribution in [2.24, 2.45) is 5.73 Å². The third-order valence-corrected chi connectivity index (χ3v) is 1.56. The summed E-state index contributed by atoms with van der Waals surface area (Å²) in [4.78, 5) is 10.1. The molecule has 0 atom stereocenters. The van der Waals surface area contributed by atoms with Gasteiger partial charge in [0.15, 0.2) is 0 Å². The molecular formula is C11H17NO. The highest BCUT2D eigenvalue weighted by atomic mass is 16.1. The second kappa shape index (κ2) is 7.50. The van der Waals surface area contributed by atoms with Gasteiger partial charge < -0.3 is 5.73 Å². The average Bonchev–Trinajstić information content (AvgIpc) is 2.19. The minimum atomic E-state index is 0.120. The van der Waals surface area contributed by atoms with E-state index in [0.29, 0.717) is 6.42 Å². The standard InChI is InChI=1S/C7H8.C4H9NO/c1-7-5-3-2-4-6-7;1-2-4(6)3-5/h2-6H,1H3;2-3,5H2,1H3. The third-order valence-electron chi connectivity index (χ3n) is 1.56. The second-order valence-electron chi connectivity index (χ2n) is 2.75. The molecule has 0 aliphatic carbocycles. The summed E-state index contributed by atoms with van der Waals surface area (Å²) in [5.74, 6) is 0.120. The largest absolute Gasteiger partial charge is 0.324 e. The van der Waals surface area contributed by atoms with Gasteiger partial charge in [-0.15, -0.1) is 0 Å². The lowest BCUT2D eigenvalue weighted by Gasteiger charge is -1.82. The van der Waals surface area contributed by atoms with Gasteiger partial charge in [-0.1, -0.05) is 42.8 Å². The number of hydrogen-bond acceptors (Lipinski definition) is 2. The van der Waals surface area contributed by atoms with Crippen LogP contribution in [-0.2, 0) is 4.79 Å². The van der Waals surface area contributed by atoms with Crippen LogP contribution < -0.4 is 5.73 Å². The Morgan fingerprint density at radius 1 is 1.31 bits per heavy atom. The lowest BCUT2D eigenvalue weighted by Crippen LogP contribution is -2.11. The summed E-state index contributed by atoms with van der Waals surface area (Å²) < 4.78 is 0. The van der Waals surface area contributed by atoms with Crippen molar-refractivity contribution < 1.29 is 4.79 Å². The fourth-order valence-corrected chi connectivity index (χ4v) is 0.679. The van der Waals surface area contributed by atoms with Crippen molar-refractivity contribution >= 4 is 5.78 Å². The molecule has 0 amide bonds. The van der Waals surface area contributed by atoms with Crippen LogP contribution in [0.2, 0.25) is 0 Å². The molecular weight excluding hydrogens is 162 g/mol. The molecule has 2 N–H and O–H groups in total. The first-order valence-corrected chi connectivity index (χ1v) is 4.44. The smallest absolute Gasteiger partial charge is 0.146 e. The Morgan fingerprint density at radius 2 is 1.85 bits per heavy atom. The molecule has 0 heterocycles. The Hall–Kier alpha value is -1.15. The predicted octanol–water partition coefficient (Wildman–Crippen LogP) is 1.92. The zero-order valence-electron chi connectivity index (χ0n) is 8.29. The Balaban J connectivity index is 0.000000226. The highest BCUT2D eigenvalue weighted by Gasteiger charge is 1.87. The van der Waals surface area contributed by atoms with E-state index in [1.54, 1.807) is 6.92 Å². The zero-order valence-corrected chi connectivity index (χ0v) is 8.29. The summed E-state index contributed by atoms with van der Waals surface area (Å²) in [6.07, 6.45) is 0.566. The Morgan fingerprint density at radius 3 is 2.00 bits per heavy atom. The van der Waals surface area contributed by atoms with Crippen LogP contribution in [0.3, 0.4) is 0 Å². The number of carbonyl (C=O) groups excluding carboxylic acids is 1. The van der Waals surface area contributed by atoms with Gasteiger partial charge in [0.05, 0.1) is 6.54 Å². The van der Waals surface area contributed by atoms with Crippen LogP contribution in [-0.4, -0.2) is 12.3 Å². The first kappa shape index (κ1) is 11.8. The first-order chi connectivity index (χ1) is 6.20. The maximum absolute atomic E-state index is 10.1. The molecule has 1 aromatic rings. The van der Waals surface area contributed by atoms with E-state index in [1.807, 2.05) is 18.2 Å². The fourth-order valence-electron chi connectivity index (χ4n) is 0.679. The maximum atomic E-state index is 10.1. The molecule has 0 fully saturated rings.